The summed E-state index contributed by atoms with van der Waals surface area (Å²) in [6.45, 7) is 0. The van der Waals surface area contributed by atoms with Crippen molar-refractivity contribution in [2.75, 3.05) is 5.32 Å². The number of non-ortho nitro benzene ring substituents is 1. The maximum Gasteiger partial charge on any atom is 0.270 e. The summed E-state index contributed by atoms with van der Waals surface area (Å²) >= 11 is 0. The molecule has 8 nitrogen and oxygen atoms in total. The van der Waals surface area contributed by atoms with Gasteiger partial charge in [0.05, 0.1) is 16.1 Å². The van der Waals surface area contributed by atoms with Gasteiger partial charge in [-0.25, -0.2) is 0 Å². The van der Waals surface area contributed by atoms with Crippen LogP contribution in [0.5, 0.6) is 11.5 Å². The minimum atomic E-state index is -0.572. The predicted octanol–water partition coefficient (Wildman–Crippen LogP) is 4.38. The number of rotatable bonds is 5. The van der Waals surface area contributed by atoms with Crippen LogP contribution in [-0.4, -0.2) is 10.8 Å². The van der Waals surface area contributed by atoms with Crippen molar-refractivity contribution in [1.82, 2.24) is 0 Å². The van der Waals surface area contributed by atoms with Crippen LogP contribution in [0.4, 0.5) is 11.4 Å². The number of nitriles is 2. The minimum Gasteiger partial charge on any atom is -0.455 e. The zero-order chi connectivity index (χ0) is 20.8. The summed E-state index contributed by atoms with van der Waals surface area (Å²) in [5.74, 6) is 0.0346. The third-order valence-corrected chi connectivity index (χ3v) is 3.91. The normalized spacial score (nSPS) is 9.72. The molecule has 0 fully saturated rings. The van der Waals surface area contributed by atoms with Crippen molar-refractivity contribution in [2.24, 2.45) is 0 Å². The number of ether oxygens (including phenoxy) is 1. The molecule has 0 unspecified atom stereocenters. The molecule has 0 bridgehead atoms. The lowest BCUT2D eigenvalue weighted by Crippen LogP contribution is -2.11. The first-order valence-corrected chi connectivity index (χ1v) is 8.29. The third kappa shape index (κ3) is 4.35. The highest BCUT2D eigenvalue weighted by Gasteiger charge is 2.13. The molecule has 0 radical (unpaired) electrons. The van der Waals surface area contributed by atoms with Crippen LogP contribution in [0.15, 0.2) is 66.7 Å². The van der Waals surface area contributed by atoms with Gasteiger partial charge in [0.15, 0.2) is 5.75 Å². The van der Waals surface area contributed by atoms with Crippen LogP contribution < -0.4 is 10.1 Å². The van der Waals surface area contributed by atoms with Gasteiger partial charge in [0.1, 0.15) is 17.9 Å². The van der Waals surface area contributed by atoms with Crippen molar-refractivity contribution in [3.8, 4) is 23.6 Å². The van der Waals surface area contributed by atoms with Gasteiger partial charge in [0.2, 0.25) is 0 Å². The molecule has 3 aromatic rings. The van der Waals surface area contributed by atoms with E-state index in [1.54, 1.807) is 42.5 Å². The molecule has 0 aliphatic rings. The zero-order valence-corrected chi connectivity index (χ0v) is 14.8. The number of para-hydroxylation sites is 1. The number of nitrogens with zero attached hydrogens (tertiary/aromatic N) is 3. The van der Waals surface area contributed by atoms with Gasteiger partial charge in [-0.15, -0.1) is 0 Å². The molecule has 140 valence electrons. The molecule has 1 amide bonds. The molecular weight excluding hydrogens is 372 g/mol. The van der Waals surface area contributed by atoms with E-state index in [2.05, 4.69) is 5.32 Å². The van der Waals surface area contributed by atoms with Crippen molar-refractivity contribution in [3.05, 3.63) is 93.5 Å². The number of hydrogen-bond donors (Lipinski definition) is 1. The van der Waals surface area contributed by atoms with Gasteiger partial charge in [-0.05, 0) is 42.5 Å². The highest BCUT2D eigenvalue weighted by molar-refractivity contribution is 6.04. The van der Waals surface area contributed by atoms with Gasteiger partial charge < -0.3 is 10.1 Å². The summed E-state index contributed by atoms with van der Waals surface area (Å²) in [5, 5.41) is 31.9. The maximum absolute atomic E-state index is 12.3. The lowest BCUT2D eigenvalue weighted by Gasteiger charge is -2.10. The third-order valence-electron chi connectivity index (χ3n) is 3.91. The molecule has 0 saturated heterocycles. The van der Waals surface area contributed by atoms with Crippen molar-refractivity contribution < 1.29 is 14.5 Å². The number of hydrogen-bond acceptors (Lipinski definition) is 6. The first-order chi connectivity index (χ1) is 14.0. The Morgan fingerprint density at radius 3 is 2.17 bits per heavy atom. The fourth-order valence-corrected chi connectivity index (χ4v) is 2.51. The second-order valence-electron chi connectivity index (χ2n) is 5.79. The Kier molecular flexibility index (Phi) is 5.48. The zero-order valence-electron chi connectivity index (χ0n) is 14.8. The molecule has 0 aromatic heterocycles. The summed E-state index contributed by atoms with van der Waals surface area (Å²) in [5.41, 5.74) is 0.883. The number of nitrogens with one attached hydrogen (secondary N) is 1. The van der Waals surface area contributed by atoms with Gasteiger partial charge in [0, 0.05) is 23.4 Å². The van der Waals surface area contributed by atoms with Gasteiger partial charge in [-0.3, -0.25) is 14.9 Å². The van der Waals surface area contributed by atoms with Gasteiger partial charge in [0.25, 0.3) is 11.6 Å². The van der Waals surface area contributed by atoms with Crippen molar-refractivity contribution in [2.45, 2.75) is 0 Å². The molecule has 29 heavy (non-hydrogen) atoms. The molecular formula is C21H12N4O4. The first kappa shape index (κ1) is 19.1. The number of carbonyl (C=O) groups excluding carboxylic acids is 1. The number of nitro benzene ring substituents is 1. The lowest BCUT2D eigenvalue weighted by molar-refractivity contribution is -0.384. The monoisotopic (exact) mass is 384 g/mol. The summed E-state index contributed by atoms with van der Waals surface area (Å²) in [6, 6.07) is 20.3. The van der Waals surface area contributed by atoms with E-state index in [0.717, 1.165) is 0 Å². The minimum absolute atomic E-state index is 0.154. The van der Waals surface area contributed by atoms with E-state index in [0.29, 0.717) is 11.4 Å². The summed E-state index contributed by atoms with van der Waals surface area (Å²) in [6.07, 6.45) is 0. The Morgan fingerprint density at radius 2 is 1.59 bits per heavy atom. The average molecular weight is 384 g/mol. The van der Waals surface area contributed by atoms with Crippen LogP contribution in [-0.2, 0) is 0 Å². The summed E-state index contributed by atoms with van der Waals surface area (Å²) in [4.78, 5) is 22.6. The molecule has 0 saturated carbocycles. The molecule has 3 rings (SSSR count). The van der Waals surface area contributed by atoms with Crippen LogP contribution in [0.3, 0.4) is 0 Å². The van der Waals surface area contributed by atoms with Crippen LogP contribution in [0.25, 0.3) is 0 Å². The predicted molar refractivity (Wildman–Crippen MR) is 103 cm³/mol. The Morgan fingerprint density at radius 1 is 0.966 bits per heavy atom. The summed E-state index contributed by atoms with van der Waals surface area (Å²) in [7, 11) is 0. The van der Waals surface area contributed by atoms with E-state index in [-0.39, 0.29) is 28.1 Å². The number of anilines is 1. The van der Waals surface area contributed by atoms with Gasteiger partial charge in [-0.2, -0.15) is 10.5 Å². The van der Waals surface area contributed by atoms with E-state index in [4.69, 9.17) is 4.74 Å². The number of nitro groups is 1. The highest BCUT2D eigenvalue weighted by Crippen LogP contribution is 2.29. The molecule has 3 aromatic carbocycles. The Bertz CT molecular complexity index is 1140. The molecule has 1 N–H and O–H groups in total. The topological polar surface area (TPSA) is 129 Å². The molecule has 0 aliphatic heterocycles. The van der Waals surface area contributed by atoms with Gasteiger partial charge in [-0.1, -0.05) is 12.1 Å². The largest absolute Gasteiger partial charge is 0.455 e. The summed E-state index contributed by atoms with van der Waals surface area (Å²) < 4.78 is 5.68. The molecule has 0 spiro atoms. The molecule has 0 aliphatic carbocycles. The molecule has 8 heteroatoms. The second kappa shape index (κ2) is 8.33. The fraction of sp³-hybridized carbons (Fsp3) is 0. The second-order valence-corrected chi connectivity index (χ2v) is 5.79. The first-order valence-electron chi connectivity index (χ1n) is 8.29. The highest BCUT2D eigenvalue weighted by atomic mass is 16.6. The number of amides is 1. The molecule has 0 atom stereocenters. The van der Waals surface area contributed by atoms with E-state index < -0.39 is 10.8 Å². The molecule has 0 heterocycles. The van der Waals surface area contributed by atoms with E-state index in [1.807, 2.05) is 12.1 Å². The van der Waals surface area contributed by atoms with Crippen molar-refractivity contribution in [1.29, 1.82) is 10.5 Å². The quantitative estimate of drug-likeness (QED) is 0.513. The fourth-order valence-electron chi connectivity index (χ4n) is 2.51. The Labute approximate surface area is 165 Å². The van der Waals surface area contributed by atoms with Gasteiger partial charge >= 0.3 is 0 Å². The van der Waals surface area contributed by atoms with Crippen LogP contribution >= 0.6 is 0 Å². The standard InChI is InChI=1S/C21H12N4O4/c22-12-15-4-1-5-16(13-23)20(15)29-19-9-7-17(8-10-19)24-21(26)14-3-2-6-18(11-14)25(27)28/h1-11H,(H,24,26). The Hall–Kier alpha value is -4.69. The van der Waals surface area contributed by atoms with Crippen molar-refractivity contribution in [3.63, 3.8) is 0 Å². The Balaban J connectivity index is 1.76. The van der Waals surface area contributed by atoms with E-state index in [9.17, 15) is 25.4 Å². The maximum atomic E-state index is 12.3. The average Bonchev–Trinajstić information content (AvgIpc) is 2.75. The lowest BCUT2D eigenvalue weighted by atomic mass is 10.1. The van der Waals surface area contributed by atoms with Crippen LogP contribution in [0.1, 0.15) is 21.5 Å². The number of carbonyl (C=O) groups is 1. The van der Waals surface area contributed by atoms with Crippen molar-refractivity contribution >= 4 is 17.3 Å². The number of benzene rings is 3. The van der Waals surface area contributed by atoms with Crippen LogP contribution in [0.2, 0.25) is 0 Å². The smallest absolute Gasteiger partial charge is 0.270 e. The SMILES string of the molecule is N#Cc1cccc(C#N)c1Oc1ccc(NC(=O)c2cccc([N+](=O)[O-])c2)cc1. The van der Waals surface area contributed by atoms with Crippen LogP contribution in [0, 0.1) is 32.8 Å². The van der Waals surface area contributed by atoms with E-state index >= 15 is 0 Å². The van der Waals surface area contributed by atoms with E-state index in [1.165, 1.54) is 24.3 Å².